The summed E-state index contributed by atoms with van der Waals surface area (Å²) < 4.78 is 5.74. The van der Waals surface area contributed by atoms with Crippen LogP contribution in [-0.4, -0.2) is 16.6 Å². The number of pyridine rings is 1. The molecule has 2 rings (SSSR count). The molecule has 0 radical (unpaired) electrons. The van der Waals surface area contributed by atoms with Crippen LogP contribution in [0.4, 0.5) is 0 Å². The largest absolute Gasteiger partial charge is 0.477 e. The Hall–Kier alpha value is -1.16. The molecule has 1 saturated carbocycles. The van der Waals surface area contributed by atoms with Crippen LogP contribution in [0.25, 0.3) is 0 Å². The molecular formula is C14H20N2OS. The van der Waals surface area contributed by atoms with E-state index in [0.29, 0.717) is 16.8 Å². The topological polar surface area (TPSA) is 48.1 Å². The predicted molar refractivity (Wildman–Crippen MR) is 76.8 cm³/mol. The normalized spacial score (nSPS) is 17.1. The molecule has 4 heteroatoms. The van der Waals surface area contributed by atoms with Gasteiger partial charge in [0.15, 0.2) is 0 Å². The fraction of sp³-hybridized carbons (Fsp3) is 0.571. The van der Waals surface area contributed by atoms with Crippen LogP contribution >= 0.6 is 12.2 Å². The lowest BCUT2D eigenvalue weighted by molar-refractivity contribution is 0.226. The lowest BCUT2D eigenvalue weighted by atomic mass is 10.0. The van der Waals surface area contributed by atoms with E-state index in [2.05, 4.69) is 4.98 Å². The Morgan fingerprint density at radius 1 is 1.28 bits per heavy atom. The number of nitrogens with zero attached hydrogens (tertiary/aromatic N) is 1. The van der Waals surface area contributed by atoms with Crippen LogP contribution in [0.3, 0.4) is 0 Å². The van der Waals surface area contributed by atoms with Gasteiger partial charge in [-0.25, -0.2) is 4.98 Å². The van der Waals surface area contributed by atoms with Crippen LogP contribution in [-0.2, 0) is 0 Å². The first kappa shape index (κ1) is 13.3. The molecule has 0 amide bonds. The molecule has 1 aliphatic rings. The van der Waals surface area contributed by atoms with Gasteiger partial charge in [-0.1, -0.05) is 37.9 Å². The summed E-state index contributed by atoms with van der Waals surface area (Å²) in [6.07, 6.45) is 9.65. The van der Waals surface area contributed by atoms with Gasteiger partial charge in [0.2, 0.25) is 5.88 Å². The zero-order chi connectivity index (χ0) is 12.8. The molecule has 0 atom stereocenters. The fourth-order valence-electron chi connectivity index (χ4n) is 2.35. The van der Waals surface area contributed by atoms with E-state index in [-0.39, 0.29) is 0 Å². The lowest BCUT2D eigenvalue weighted by Gasteiger charge is -2.14. The quantitative estimate of drug-likeness (QED) is 0.670. The van der Waals surface area contributed by atoms with Gasteiger partial charge in [0, 0.05) is 17.8 Å². The summed E-state index contributed by atoms with van der Waals surface area (Å²) in [5.41, 5.74) is 6.31. The Kier molecular flexibility index (Phi) is 4.93. The minimum absolute atomic E-state index is 0.373. The molecule has 1 fully saturated rings. The van der Waals surface area contributed by atoms with Gasteiger partial charge in [-0.2, -0.15) is 0 Å². The molecule has 0 aliphatic heterocycles. The third-order valence-corrected chi connectivity index (χ3v) is 3.70. The van der Waals surface area contributed by atoms with E-state index in [1.165, 1.54) is 38.5 Å². The molecular weight excluding hydrogens is 244 g/mol. The summed E-state index contributed by atoms with van der Waals surface area (Å²) in [5.74, 6) is 1.35. The van der Waals surface area contributed by atoms with E-state index in [9.17, 15) is 0 Å². The summed E-state index contributed by atoms with van der Waals surface area (Å²) in [6, 6.07) is 3.70. The average molecular weight is 264 g/mol. The van der Waals surface area contributed by atoms with Gasteiger partial charge in [-0.3, -0.25) is 0 Å². The second-order valence-corrected chi connectivity index (χ2v) is 5.36. The SMILES string of the molecule is NC(=S)c1ccc(OCC2CCCCCC2)nc1. The first-order valence-electron chi connectivity index (χ1n) is 6.64. The molecule has 0 unspecified atom stereocenters. The van der Waals surface area contributed by atoms with Crippen molar-refractivity contribution in [2.75, 3.05) is 6.61 Å². The van der Waals surface area contributed by atoms with Crippen LogP contribution in [0.5, 0.6) is 5.88 Å². The van der Waals surface area contributed by atoms with Crippen molar-refractivity contribution in [2.24, 2.45) is 11.7 Å². The van der Waals surface area contributed by atoms with Crippen molar-refractivity contribution in [1.29, 1.82) is 0 Å². The Bertz CT molecular complexity index is 383. The van der Waals surface area contributed by atoms with Gasteiger partial charge < -0.3 is 10.5 Å². The maximum atomic E-state index is 5.74. The van der Waals surface area contributed by atoms with Crippen LogP contribution in [0, 0.1) is 5.92 Å². The molecule has 98 valence electrons. The highest BCUT2D eigenvalue weighted by atomic mass is 32.1. The molecule has 0 spiro atoms. The van der Waals surface area contributed by atoms with Crippen LogP contribution in [0.2, 0.25) is 0 Å². The minimum atomic E-state index is 0.373. The fourth-order valence-corrected chi connectivity index (χ4v) is 2.47. The monoisotopic (exact) mass is 264 g/mol. The van der Waals surface area contributed by atoms with Gasteiger partial charge >= 0.3 is 0 Å². The van der Waals surface area contributed by atoms with Gasteiger partial charge in [0.1, 0.15) is 4.99 Å². The molecule has 0 aromatic carbocycles. The molecule has 18 heavy (non-hydrogen) atoms. The Morgan fingerprint density at radius 2 is 2.00 bits per heavy atom. The molecule has 1 aromatic heterocycles. The van der Waals surface area contributed by atoms with Crippen molar-refractivity contribution in [1.82, 2.24) is 4.98 Å². The zero-order valence-electron chi connectivity index (χ0n) is 10.6. The van der Waals surface area contributed by atoms with E-state index in [4.69, 9.17) is 22.7 Å². The minimum Gasteiger partial charge on any atom is -0.477 e. The van der Waals surface area contributed by atoms with Gasteiger partial charge in [-0.15, -0.1) is 0 Å². The summed E-state index contributed by atoms with van der Waals surface area (Å²) in [4.78, 5) is 4.59. The van der Waals surface area contributed by atoms with Gasteiger partial charge in [-0.05, 0) is 24.8 Å². The molecule has 3 nitrogen and oxygen atoms in total. The number of rotatable bonds is 4. The summed E-state index contributed by atoms with van der Waals surface area (Å²) in [5, 5.41) is 0. The van der Waals surface area contributed by atoms with E-state index >= 15 is 0 Å². The summed E-state index contributed by atoms with van der Waals surface area (Å²) in [6.45, 7) is 0.777. The number of nitrogens with two attached hydrogens (primary N) is 1. The predicted octanol–water partition coefficient (Wildman–Crippen LogP) is 3.07. The van der Waals surface area contributed by atoms with Crippen molar-refractivity contribution < 1.29 is 4.74 Å². The number of hydrogen-bond acceptors (Lipinski definition) is 3. The average Bonchev–Trinajstić information content (AvgIpc) is 2.65. The molecule has 1 aliphatic carbocycles. The first-order chi connectivity index (χ1) is 8.75. The Balaban J connectivity index is 1.83. The second-order valence-electron chi connectivity index (χ2n) is 4.92. The number of aromatic nitrogens is 1. The standard InChI is InChI=1S/C14H20N2OS/c15-14(18)12-7-8-13(16-9-12)17-10-11-5-3-1-2-4-6-11/h7-9,11H,1-6,10H2,(H2,15,18). The van der Waals surface area contributed by atoms with Crippen molar-refractivity contribution in [3.05, 3.63) is 23.9 Å². The summed E-state index contributed by atoms with van der Waals surface area (Å²) >= 11 is 4.88. The van der Waals surface area contributed by atoms with Crippen molar-refractivity contribution in [3.8, 4) is 5.88 Å². The molecule has 0 saturated heterocycles. The number of thiocarbonyl (C=S) groups is 1. The van der Waals surface area contributed by atoms with Gasteiger partial charge in [0.05, 0.1) is 6.61 Å². The van der Waals surface area contributed by atoms with Crippen molar-refractivity contribution in [2.45, 2.75) is 38.5 Å². The van der Waals surface area contributed by atoms with Crippen LogP contribution in [0.1, 0.15) is 44.1 Å². The molecule has 1 heterocycles. The highest BCUT2D eigenvalue weighted by Gasteiger charge is 2.13. The van der Waals surface area contributed by atoms with Crippen LogP contribution in [0.15, 0.2) is 18.3 Å². The highest BCUT2D eigenvalue weighted by Crippen LogP contribution is 2.23. The van der Waals surface area contributed by atoms with Crippen molar-refractivity contribution >= 4 is 17.2 Å². The molecule has 2 N–H and O–H groups in total. The smallest absolute Gasteiger partial charge is 0.213 e. The maximum absolute atomic E-state index is 5.74. The van der Waals surface area contributed by atoms with E-state index in [1.54, 1.807) is 6.20 Å². The van der Waals surface area contributed by atoms with E-state index in [1.807, 2.05) is 12.1 Å². The summed E-state index contributed by atoms with van der Waals surface area (Å²) in [7, 11) is 0. The molecule has 0 bridgehead atoms. The number of ether oxygens (including phenoxy) is 1. The maximum Gasteiger partial charge on any atom is 0.213 e. The Labute approximate surface area is 114 Å². The third-order valence-electron chi connectivity index (χ3n) is 3.46. The lowest BCUT2D eigenvalue weighted by Crippen LogP contribution is -2.13. The first-order valence-corrected chi connectivity index (χ1v) is 7.05. The van der Waals surface area contributed by atoms with Gasteiger partial charge in [0.25, 0.3) is 0 Å². The van der Waals surface area contributed by atoms with Crippen molar-refractivity contribution in [3.63, 3.8) is 0 Å². The Morgan fingerprint density at radius 3 is 2.56 bits per heavy atom. The second kappa shape index (κ2) is 6.69. The molecule has 1 aromatic rings. The van der Waals surface area contributed by atoms with Crippen LogP contribution < -0.4 is 10.5 Å². The third kappa shape index (κ3) is 3.95. The zero-order valence-corrected chi connectivity index (χ0v) is 11.4. The highest BCUT2D eigenvalue weighted by molar-refractivity contribution is 7.80. The van der Waals surface area contributed by atoms with E-state index in [0.717, 1.165) is 12.2 Å². The van der Waals surface area contributed by atoms with E-state index < -0.39 is 0 Å². The number of hydrogen-bond donors (Lipinski definition) is 1.